The van der Waals surface area contributed by atoms with Crippen molar-refractivity contribution in [2.75, 3.05) is 12.4 Å². The molecular formula is C16H13BrO3S. The summed E-state index contributed by atoms with van der Waals surface area (Å²) in [6.45, 7) is 2.14. The van der Waals surface area contributed by atoms with E-state index in [0.717, 1.165) is 26.4 Å². The van der Waals surface area contributed by atoms with Gasteiger partial charge in [-0.1, -0.05) is 18.2 Å². The van der Waals surface area contributed by atoms with Gasteiger partial charge in [-0.15, -0.1) is 11.8 Å². The van der Waals surface area contributed by atoms with Crippen molar-refractivity contribution in [3.8, 4) is 5.75 Å². The summed E-state index contributed by atoms with van der Waals surface area (Å²) in [5.41, 5.74) is 1.22. The highest BCUT2D eigenvalue weighted by Crippen LogP contribution is 2.33. The molecule has 3 rings (SSSR count). The minimum Gasteiger partial charge on any atom is -0.488 e. The molecule has 0 bridgehead atoms. The van der Waals surface area contributed by atoms with E-state index in [1.807, 2.05) is 36.4 Å². The van der Waals surface area contributed by atoms with Crippen molar-refractivity contribution in [2.24, 2.45) is 0 Å². The first-order chi connectivity index (χ1) is 10.1. The molecule has 2 aromatic rings. The van der Waals surface area contributed by atoms with E-state index in [2.05, 4.69) is 15.9 Å². The topological polar surface area (TPSA) is 39.4 Å². The van der Waals surface area contributed by atoms with Crippen LogP contribution in [0, 0.1) is 6.92 Å². The molecule has 2 heterocycles. The number of fused-ring (bicyclic) bond motifs is 1. The maximum absolute atomic E-state index is 12.1. The summed E-state index contributed by atoms with van der Waals surface area (Å²) >= 11 is 5.09. The molecule has 1 aliphatic rings. The van der Waals surface area contributed by atoms with Crippen LogP contribution in [0.2, 0.25) is 0 Å². The van der Waals surface area contributed by atoms with E-state index in [-0.39, 0.29) is 5.63 Å². The van der Waals surface area contributed by atoms with Crippen molar-refractivity contribution >= 4 is 33.3 Å². The van der Waals surface area contributed by atoms with Crippen LogP contribution in [-0.4, -0.2) is 12.4 Å². The van der Waals surface area contributed by atoms with Crippen molar-refractivity contribution in [3.05, 3.63) is 62.6 Å². The first-order valence-electron chi connectivity index (χ1n) is 6.49. The van der Waals surface area contributed by atoms with E-state index in [4.69, 9.17) is 9.15 Å². The lowest BCUT2D eigenvalue weighted by molar-refractivity contribution is 0.365. The Hall–Kier alpha value is -1.46. The third kappa shape index (κ3) is 3.09. The fourth-order valence-electron chi connectivity index (χ4n) is 2.17. The van der Waals surface area contributed by atoms with Crippen molar-refractivity contribution in [1.82, 2.24) is 0 Å². The molecule has 21 heavy (non-hydrogen) atoms. The van der Waals surface area contributed by atoms with Crippen molar-refractivity contribution < 1.29 is 9.15 Å². The summed E-state index contributed by atoms with van der Waals surface area (Å²) in [5.74, 6) is 2.23. The summed E-state index contributed by atoms with van der Waals surface area (Å²) in [6, 6.07) is 9.57. The number of hydrogen-bond acceptors (Lipinski definition) is 4. The first-order valence-corrected chi connectivity index (χ1v) is 8.27. The lowest BCUT2D eigenvalue weighted by Gasteiger charge is -2.17. The van der Waals surface area contributed by atoms with Crippen molar-refractivity contribution in [1.29, 1.82) is 0 Å². The molecular weight excluding hydrogens is 352 g/mol. The van der Waals surface area contributed by atoms with E-state index in [1.54, 1.807) is 18.7 Å². The average molecular weight is 365 g/mol. The van der Waals surface area contributed by atoms with Crippen LogP contribution >= 0.6 is 27.7 Å². The van der Waals surface area contributed by atoms with Gasteiger partial charge in [-0.2, -0.15) is 0 Å². The van der Waals surface area contributed by atoms with E-state index in [0.29, 0.717) is 17.9 Å². The van der Waals surface area contributed by atoms with E-state index >= 15 is 0 Å². The highest BCUT2D eigenvalue weighted by Gasteiger charge is 2.19. The highest BCUT2D eigenvalue weighted by molar-refractivity contribution is 9.10. The summed E-state index contributed by atoms with van der Waals surface area (Å²) in [7, 11) is 0. The fraction of sp³-hybridized carbons (Fsp3) is 0.188. The molecule has 0 saturated heterocycles. The largest absolute Gasteiger partial charge is 0.488 e. The number of halogens is 1. The molecule has 0 amide bonds. The van der Waals surface area contributed by atoms with Crippen LogP contribution in [-0.2, 0) is 0 Å². The molecule has 0 saturated carbocycles. The van der Waals surface area contributed by atoms with Crippen molar-refractivity contribution in [3.63, 3.8) is 0 Å². The van der Waals surface area contributed by atoms with Gasteiger partial charge in [0.05, 0.1) is 10.0 Å². The molecule has 0 N–H and O–H groups in total. The maximum Gasteiger partial charge on any atom is 0.344 e. The molecule has 1 aromatic carbocycles. The lowest BCUT2D eigenvalue weighted by Crippen LogP contribution is -2.15. The van der Waals surface area contributed by atoms with Crippen LogP contribution in [0.15, 0.2) is 55.0 Å². The Balaban J connectivity index is 1.87. The van der Waals surface area contributed by atoms with Crippen LogP contribution in [0.5, 0.6) is 5.75 Å². The molecule has 108 valence electrons. The molecule has 3 nitrogen and oxygen atoms in total. The van der Waals surface area contributed by atoms with Gasteiger partial charge in [0.15, 0.2) is 0 Å². The molecule has 0 radical (unpaired) electrons. The highest BCUT2D eigenvalue weighted by atomic mass is 79.9. The van der Waals surface area contributed by atoms with Gasteiger partial charge in [0.1, 0.15) is 18.1 Å². The monoisotopic (exact) mass is 364 g/mol. The van der Waals surface area contributed by atoms with Gasteiger partial charge in [-0.3, -0.25) is 0 Å². The lowest BCUT2D eigenvalue weighted by atomic mass is 10.1. The van der Waals surface area contributed by atoms with Crippen LogP contribution in [0.4, 0.5) is 0 Å². The molecule has 1 aliphatic heterocycles. The molecule has 0 aliphatic carbocycles. The molecule has 0 atom stereocenters. The Bertz CT molecular complexity index is 764. The molecule has 0 spiro atoms. The van der Waals surface area contributed by atoms with Crippen LogP contribution in [0.25, 0.3) is 5.57 Å². The smallest absolute Gasteiger partial charge is 0.344 e. The Kier molecular flexibility index (Phi) is 4.22. The standard InChI is InChI=1S/C16H13BrO3S/c1-10-8-14-15(16(18)20-10)11(6-7-21-14)9-19-13-5-3-2-4-12(13)17/h2-6,8H,7,9H2,1H3. The summed E-state index contributed by atoms with van der Waals surface area (Å²) < 4.78 is 11.9. The number of thioether (sulfide) groups is 1. The summed E-state index contributed by atoms with van der Waals surface area (Å²) in [4.78, 5) is 13.1. The quantitative estimate of drug-likeness (QED) is 0.814. The van der Waals surface area contributed by atoms with Gasteiger partial charge in [0, 0.05) is 16.2 Å². The van der Waals surface area contributed by atoms with Crippen LogP contribution in [0.1, 0.15) is 11.3 Å². The SMILES string of the molecule is Cc1cc2c(c(=O)o1)C(COc1ccccc1Br)=CCS2. The second-order valence-electron chi connectivity index (χ2n) is 4.64. The van der Waals surface area contributed by atoms with Gasteiger partial charge < -0.3 is 9.15 Å². The maximum atomic E-state index is 12.1. The second-order valence-corrected chi connectivity index (χ2v) is 6.56. The third-order valence-electron chi connectivity index (χ3n) is 3.15. The predicted octanol–water partition coefficient (Wildman–Crippen LogP) is 4.28. The fourth-order valence-corrected chi connectivity index (χ4v) is 3.64. The van der Waals surface area contributed by atoms with Crippen molar-refractivity contribution in [2.45, 2.75) is 11.8 Å². The van der Waals surface area contributed by atoms with E-state index in [1.165, 1.54) is 0 Å². The Morgan fingerprint density at radius 3 is 3.00 bits per heavy atom. The number of para-hydroxylation sites is 1. The van der Waals surface area contributed by atoms with Crippen LogP contribution < -0.4 is 10.4 Å². The zero-order valence-electron chi connectivity index (χ0n) is 11.4. The third-order valence-corrected chi connectivity index (χ3v) is 4.77. The van der Waals surface area contributed by atoms with Gasteiger partial charge >= 0.3 is 5.63 Å². The van der Waals surface area contributed by atoms with E-state index in [9.17, 15) is 4.79 Å². The van der Waals surface area contributed by atoms with Crippen LogP contribution in [0.3, 0.4) is 0 Å². The zero-order chi connectivity index (χ0) is 14.8. The Morgan fingerprint density at radius 1 is 1.38 bits per heavy atom. The zero-order valence-corrected chi connectivity index (χ0v) is 13.8. The number of hydrogen-bond donors (Lipinski definition) is 0. The number of benzene rings is 1. The normalized spacial score (nSPS) is 13.5. The molecule has 0 fully saturated rings. The van der Waals surface area contributed by atoms with Gasteiger partial charge in [0.2, 0.25) is 0 Å². The average Bonchev–Trinajstić information content (AvgIpc) is 2.45. The first kappa shape index (κ1) is 14.5. The number of rotatable bonds is 3. The van der Waals surface area contributed by atoms with Gasteiger partial charge in [-0.25, -0.2) is 4.79 Å². The number of aryl methyl sites for hydroxylation is 1. The molecule has 0 unspecified atom stereocenters. The van der Waals surface area contributed by atoms with Gasteiger partial charge in [0.25, 0.3) is 0 Å². The minimum atomic E-state index is -0.292. The molecule has 1 aromatic heterocycles. The number of ether oxygens (including phenoxy) is 1. The second kappa shape index (κ2) is 6.12. The minimum absolute atomic E-state index is 0.292. The van der Waals surface area contributed by atoms with E-state index < -0.39 is 0 Å². The summed E-state index contributed by atoms with van der Waals surface area (Å²) in [5, 5.41) is 0. The summed E-state index contributed by atoms with van der Waals surface area (Å²) in [6.07, 6.45) is 2.02. The Morgan fingerprint density at radius 2 is 2.19 bits per heavy atom. The predicted molar refractivity (Wildman–Crippen MR) is 88.1 cm³/mol. The van der Waals surface area contributed by atoms with Gasteiger partial charge in [-0.05, 0) is 41.1 Å². The Labute approximate surface area is 135 Å². The molecule has 5 heteroatoms.